The van der Waals surface area contributed by atoms with Crippen LogP contribution in [-0.4, -0.2) is 29.7 Å². The highest BCUT2D eigenvalue weighted by Gasteiger charge is 2.25. The predicted molar refractivity (Wildman–Crippen MR) is 84.2 cm³/mol. The van der Waals surface area contributed by atoms with Crippen LogP contribution in [0.3, 0.4) is 0 Å². The zero-order valence-corrected chi connectivity index (χ0v) is 13.1. The van der Waals surface area contributed by atoms with Crippen molar-refractivity contribution in [2.45, 2.75) is 19.1 Å². The molecule has 7 nitrogen and oxygen atoms in total. The Morgan fingerprint density at radius 2 is 2.33 bits per heavy atom. The number of halogens is 1. The highest BCUT2D eigenvalue weighted by Crippen LogP contribution is 2.33. The first-order chi connectivity index (χ1) is 11.7. The van der Waals surface area contributed by atoms with E-state index in [2.05, 4.69) is 20.6 Å². The fourth-order valence-electron chi connectivity index (χ4n) is 2.54. The van der Waals surface area contributed by atoms with Gasteiger partial charge in [0, 0.05) is 25.2 Å². The van der Waals surface area contributed by atoms with E-state index in [4.69, 9.17) is 9.47 Å². The van der Waals surface area contributed by atoms with Crippen LogP contribution in [0, 0.1) is 5.82 Å². The molecule has 0 saturated heterocycles. The first-order valence-electron chi connectivity index (χ1n) is 7.46. The summed E-state index contributed by atoms with van der Waals surface area (Å²) in [5, 5.41) is 5.46. The van der Waals surface area contributed by atoms with E-state index in [-0.39, 0.29) is 11.8 Å². The van der Waals surface area contributed by atoms with E-state index >= 15 is 0 Å². The van der Waals surface area contributed by atoms with Crippen LogP contribution in [0.5, 0.6) is 5.75 Å². The number of methoxy groups -OCH3 is 1. The van der Waals surface area contributed by atoms with Crippen molar-refractivity contribution in [2.75, 3.05) is 19.0 Å². The van der Waals surface area contributed by atoms with Gasteiger partial charge in [-0.2, -0.15) is 0 Å². The molecule has 2 aromatic rings. The zero-order chi connectivity index (χ0) is 16.9. The van der Waals surface area contributed by atoms with Gasteiger partial charge in [0.1, 0.15) is 12.1 Å². The molecule has 1 aromatic carbocycles. The Morgan fingerprint density at radius 1 is 1.46 bits per heavy atom. The number of amides is 2. The molecule has 2 N–H and O–H groups in total. The Morgan fingerprint density at radius 3 is 3.17 bits per heavy atom. The van der Waals surface area contributed by atoms with Crippen LogP contribution >= 0.6 is 0 Å². The zero-order valence-electron chi connectivity index (χ0n) is 13.1. The summed E-state index contributed by atoms with van der Waals surface area (Å²) in [6.45, 7) is 0.663. The van der Waals surface area contributed by atoms with Gasteiger partial charge in [-0.25, -0.2) is 19.2 Å². The molecule has 0 saturated carbocycles. The van der Waals surface area contributed by atoms with Crippen LogP contribution in [0.25, 0.3) is 0 Å². The molecule has 1 aromatic heterocycles. The van der Waals surface area contributed by atoms with Crippen LogP contribution in [-0.2, 0) is 11.3 Å². The van der Waals surface area contributed by atoms with Gasteiger partial charge < -0.3 is 14.8 Å². The average molecular weight is 332 g/mol. The number of hydrogen-bond acceptors (Lipinski definition) is 5. The Labute approximate surface area is 138 Å². The van der Waals surface area contributed by atoms with Crippen LogP contribution in [0.4, 0.5) is 15.0 Å². The molecular weight excluding hydrogens is 315 g/mol. The van der Waals surface area contributed by atoms with Crippen molar-refractivity contribution in [3.8, 4) is 5.75 Å². The minimum absolute atomic E-state index is 0.193. The highest BCUT2D eigenvalue weighted by atomic mass is 19.1. The van der Waals surface area contributed by atoms with Crippen molar-refractivity contribution in [3.05, 3.63) is 47.7 Å². The number of urea groups is 1. The monoisotopic (exact) mass is 332 g/mol. The largest absolute Gasteiger partial charge is 0.490 e. The summed E-state index contributed by atoms with van der Waals surface area (Å²) in [6.07, 6.45) is 1.91. The van der Waals surface area contributed by atoms with E-state index in [1.807, 2.05) is 0 Å². The average Bonchev–Trinajstić information content (AvgIpc) is 2.56. The maximum absolute atomic E-state index is 13.8. The van der Waals surface area contributed by atoms with E-state index in [9.17, 15) is 9.18 Å². The Balaban J connectivity index is 1.68. The van der Waals surface area contributed by atoms with Crippen molar-refractivity contribution >= 4 is 11.8 Å². The number of carbonyl (C=O) groups excluding carboxylic acids is 1. The predicted octanol–water partition coefficient (Wildman–Crippen LogP) is 2.41. The first kappa shape index (κ1) is 16.1. The molecule has 1 aliphatic heterocycles. The standard InChI is InChI=1S/C16H17FN4O3/c1-23-8-10-7-14(19-9-18-10)21-16(22)20-13-5-6-24-15-11(13)3-2-4-12(15)17/h2-4,7,9,13H,5-6,8H2,1H3,(H2,18,19,20,21,22)/t13-/m0/s1. The lowest BCUT2D eigenvalue weighted by atomic mass is 10.0. The van der Waals surface area contributed by atoms with Gasteiger partial charge in [0.25, 0.3) is 0 Å². The van der Waals surface area contributed by atoms with Crippen molar-refractivity contribution in [2.24, 2.45) is 0 Å². The SMILES string of the molecule is COCc1cc(NC(=O)N[C@H]2CCOc3c(F)cccc32)ncn1. The molecule has 126 valence electrons. The smallest absolute Gasteiger partial charge is 0.320 e. The molecule has 0 radical (unpaired) electrons. The van der Waals surface area contributed by atoms with E-state index in [0.29, 0.717) is 36.7 Å². The molecule has 24 heavy (non-hydrogen) atoms. The quantitative estimate of drug-likeness (QED) is 0.898. The molecular formula is C16H17FN4O3. The Hall–Kier alpha value is -2.74. The minimum Gasteiger partial charge on any atom is -0.490 e. The lowest BCUT2D eigenvalue weighted by molar-refractivity contribution is 0.181. The second-order valence-electron chi connectivity index (χ2n) is 5.27. The maximum Gasteiger partial charge on any atom is 0.320 e. The third-order valence-electron chi connectivity index (χ3n) is 3.59. The molecule has 2 heterocycles. The number of fused-ring (bicyclic) bond motifs is 1. The number of para-hydroxylation sites is 1. The normalized spacial score (nSPS) is 16.0. The Bertz CT molecular complexity index is 741. The summed E-state index contributed by atoms with van der Waals surface area (Å²) in [7, 11) is 1.56. The molecule has 1 aliphatic rings. The number of rotatable bonds is 4. The van der Waals surface area contributed by atoms with E-state index < -0.39 is 11.8 Å². The molecule has 0 fully saturated rings. The maximum atomic E-state index is 13.8. The number of carbonyl (C=O) groups is 1. The molecule has 2 amide bonds. The molecule has 8 heteroatoms. The van der Waals surface area contributed by atoms with Crippen LogP contribution in [0.2, 0.25) is 0 Å². The van der Waals surface area contributed by atoms with Gasteiger partial charge in [-0.05, 0) is 6.07 Å². The number of anilines is 1. The van der Waals surface area contributed by atoms with Gasteiger partial charge in [0.2, 0.25) is 0 Å². The van der Waals surface area contributed by atoms with Crippen molar-refractivity contribution in [3.63, 3.8) is 0 Å². The first-order valence-corrected chi connectivity index (χ1v) is 7.46. The fourth-order valence-corrected chi connectivity index (χ4v) is 2.54. The summed E-state index contributed by atoms with van der Waals surface area (Å²) in [6, 6.07) is 5.53. The summed E-state index contributed by atoms with van der Waals surface area (Å²) in [4.78, 5) is 20.2. The molecule has 0 spiro atoms. The third-order valence-corrected chi connectivity index (χ3v) is 3.59. The third kappa shape index (κ3) is 3.60. The summed E-state index contributed by atoms with van der Waals surface area (Å²) < 4.78 is 24.1. The topological polar surface area (TPSA) is 85.4 Å². The van der Waals surface area contributed by atoms with E-state index in [1.54, 1.807) is 25.3 Å². The van der Waals surface area contributed by atoms with Crippen LogP contribution in [0.1, 0.15) is 23.7 Å². The molecule has 3 rings (SSSR count). The van der Waals surface area contributed by atoms with Gasteiger partial charge in [0.05, 0.1) is 24.9 Å². The second-order valence-corrected chi connectivity index (χ2v) is 5.27. The number of benzene rings is 1. The van der Waals surface area contributed by atoms with Crippen molar-refractivity contribution in [1.29, 1.82) is 0 Å². The van der Waals surface area contributed by atoms with Crippen molar-refractivity contribution < 1.29 is 18.7 Å². The fraction of sp³-hybridized carbons (Fsp3) is 0.312. The van der Waals surface area contributed by atoms with Crippen LogP contribution < -0.4 is 15.4 Å². The van der Waals surface area contributed by atoms with Crippen LogP contribution in [0.15, 0.2) is 30.6 Å². The molecule has 1 atom stereocenters. The lowest BCUT2D eigenvalue weighted by Gasteiger charge is -2.26. The van der Waals surface area contributed by atoms with Gasteiger partial charge >= 0.3 is 6.03 Å². The Kier molecular flexibility index (Phi) is 4.85. The second kappa shape index (κ2) is 7.22. The van der Waals surface area contributed by atoms with E-state index in [0.717, 1.165) is 0 Å². The van der Waals surface area contributed by atoms with E-state index in [1.165, 1.54) is 12.4 Å². The van der Waals surface area contributed by atoms with Gasteiger partial charge in [-0.1, -0.05) is 12.1 Å². The molecule has 0 bridgehead atoms. The molecule has 0 unspecified atom stereocenters. The number of nitrogens with one attached hydrogen (secondary N) is 2. The number of nitrogens with zero attached hydrogens (tertiary/aromatic N) is 2. The molecule has 0 aliphatic carbocycles. The van der Waals surface area contributed by atoms with Gasteiger partial charge in [-0.3, -0.25) is 5.32 Å². The van der Waals surface area contributed by atoms with Crippen molar-refractivity contribution in [1.82, 2.24) is 15.3 Å². The number of aromatic nitrogens is 2. The lowest BCUT2D eigenvalue weighted by Crippen LogP contribution is -2.35. The highest BCUT2D eigenvalue weighted by molar-refractivity contribution is 5.88. The summed E-state index contributed by atoms with van der Waals surface area (Å²) in [5.74, 6) is 0.124. The number of hydrogen-bond donors (Lipinski definition) is 2. The summed E-state index contributed by atoms with van der Waals surface area (Å²) in [5.41, 5.74) is 1.28. The summed E-state index contributed by atoms with van der Waals surface area (Å²) >= 11 is 0. The van der Waals surface area contributed by atoms with Gasteiger partial charge in [-0.15, -0.1) is 0 Å². The number of ether oxygens (including phenoxy) is 2. The van der Waals surface area contributed by atoms with Gasteiger partial charge in [0.15, 0.2) is 11.6 Å². The minimum atomic E-state index is -0.431.